The van der Waals surface area contributed by atoms with Crippen molar-refractivity contribution in [2.24, 2.45) is 4.99 Å². The van der Waals surface area contributed by atoms with Crippen LogP contribution in [0.25, 0.3) is 0 Å². The molecule has 3 aromatic carbocycles. The first-order valence-electron chi connectivity index (χ1n) is 10.5. The molecular weight excluding hydrogens is 372 g/mol. The number of piperidine rings is 1. The number of para-hydroxylation sites is 1. The summed E-state index contributed by atoms with van der Waals surface area (Å²) in [5.74, 6) is 2.51. The number of methoxy groups -OCH3 is 1. The van der Waals surface area contributed by atoms with E-state index in [-0.39, 0.29) is 0 Å². The van der Waals surface area contributed by atoms with Gasteiger partial charge in [-0.2, -0.15) is 0 Å². The standard InChI is InChI=1S/C26H28N2O2/c1-20-8-4-5-9-25(20)30-24-14-11-22(12-15-24)27-19-21-10-13-23(18-26(21)29-2)28-16-6-3-7-17-28/h4-5,8-15,18-19H,3,6-7,16-17H2,1-2H3. The summed E-state index contributed by atoms with van der Waals surface area (Å²) in [6, 6.07) is 22.2. The molecule has 0 atom stereocenters. The number of hydrogen-bond donors (Lipinski definition) is 0. The number of benzene rings is 3. The van der Waals surface area contributed by atoms with Crippen LogP contribution in [-0.4, -0.2) is 26.4 Å². The molecule has 0 aromatic heterocycles. The predicted octanol–water partition coefficient (Wildman–Crippen LogP) is 6.54. The molecule has 1 aliphatic heterocycles. The average molecular weight is 401 g/mol. The van der Waals surface area contributed by atoms with E-state index in [1.165, 1.54) is 24.9 Å². The Kier molecular flexibility index (Phi) is 6.33. The van der Waals surface area contributed by atoms with Crippen LogP contribution in [0.1, 0.15) is 30.4 Å². The maximum atomic E-state index is 5.96. The number of ether oxygens (including phenoxy) is 2. The fourth-order valence-electron chi connectivity index (χ4n) is 3.70. The van der Waals surface area contributed by atoms with Gasteiger partial charge in [-0.1, -0.05) is 18.2 Å². The molecule has 0 amide bonds. The van der Waals surface area contributed by atoms with E-state index in [4.69, 9.17) is 9.47 Å². The zero-order chi connectivity index (χ0) is 20.8. The molecule has 0 unspecified atom stereocenters. The van der Waals surface area contributed by atoms with E-state index in [1.54, 1.807) is 7.11 Å². The van der Waals surface area contributed by atoms with Crippen LogP contribution >= 0.6 is 0 Å². The molecule has 4 nitrogen and oxygen atoms in total. The molecule has 0 aliphatic carbocycles. The quantitative estimate of drug-likeness (QED) is 0.441. The molecule has 4 rings (SSSR count). The second kappa shape index (κ2) is 9.49. The third kappa shape index (κ3) is 4.82. The lowest BCUT2D eigenvalue weighted by molar-refractivity contribution is 0.414. The summed E-state index contributed by atoms with van der Waals surface area (Å²) in [7, 11) is 1.71. The molecule has 0 N–H and O–H groups in total. The van der Waals surface area contributed by atoms with Gasteiger partial charge < -0.3 is 14.4 Å². The summed E-state index contributed by atoms with van der Waals surface area (Å²) in [6.07, 6.45) is 5.70. The van der Waals surface area contributed by atoms with Gasteiger partial charge in [-0.25, -0.2) is 0 Å². The lowest BCUT2D eigenvalue weighted by Crippen LogP contribution is -2.29. The topological polar surface area (TPSA) is 34.1 Å². The van der Waals surface area contributed by atoms with Crippen molar-refractivity contribution in [1.29, 1.82) is 0 Å². The Morgan fingerprint density at radius 2 is 1.63 bits per heavy atom. The highest BCUT2D eigenvalue weighted by molar-refractivity contribution is 5.86. The lowest BCUT2D eigenvalue weighted by atomic mass is 10.1. The van der Waals surface area contributed by atoms with Gasteiger partial charge in [-0.05, 0) is 74.2 Å². The first kappa shape index (κ1) is 20.0. The van der Waals surface area contributed by atoms with E-state index < -0.39 is 0 Å². The first-order valence-corrected chi connectivity index (χ1v) is 10.5. The average Bonchev–Trinajstić information content (AvgIpc) is 2.80. The highest BCUT2D eigenvalue weighted by atomic mass is 16.5. The fraction of sp³-hybridized carbons (Fsp3) is 0.269. The van der Waals surface area contributed by atoms with Gasteiger partial charge in [0.2, 0.25) is 0 Å². The largest absolute Gasteiger partial charge is 0.496 e. The van der Waals surface area contributed by atoms with Crippen molar-refractivity contribution < 1.29 is 9.47 Å². The first-order chi connectivity index (χ1) is 14.7. The third-order valence-electron chi connectivity index (χ3n) is 5.45. The van der Waals surface area contributed by atoms with Crippen LogP contribution in [0.4, 0.5) is 11.4 Å². The molecule has 0 spiro atoms. The number of rotatable bonds is 6. The van der Waals surface area contributed by atoms with Crippen molar-refractivity contribution in [2.45, 2.75) is 26.2 Å². The molecule has 30 heavy (non-hydrogen) atoms. The zero-order valence-corrected chi connectivity index (χ0v) is 17.7. The van der Waals surface area contributed by atoms with Gasteiger partial charge in [0.15, 0.2) is 0 Å². The highest BCUT2D eigenvalue weighted by Gasteiger charge is 2.12. The lowest BCUT2D eigenvalue weighted by Gasteiger charge is -2.29. The molecule has 0 radical (unpaired) electrons. The molecule has 0 bridgehead atoms. The van der Waals surface area contributed by atoms with Crippen LogP contribution in [0.15, 0.2) is 71.7 Å². The zero-order valence-electron chi connectivity index (χ0n) is 17.7. The van der Waals surface area contributed by atoms with Gasteiger partial charge in [-0.15, -0.1) is 0 Å². The highest BCUT2D eigenvalue weighted by Crippen LogP contribution is 2.29. The van der Waals surface area contributed by atoms with Crippen LogP contribution in [0.3, 0.4) is 0 Å². The van der Waals surface area contributed by atoms with Crippen LogP contribution in [-0.2, 0) is 0 Å². The van der Waals surface area contributed by atoms with Crippen molar-refractivity contribution in [2.75, 3.05) is 25.1 Å². The maximum Gasteiger partial charge on any atom is 0.130 e. The summed E-state index contributed by atoms with van der Waals surface area (Å²) in [5, 5.41) is 0. The maximum absolute atomic E-state index is 5.96. The smallest absolute Gasteiger partial charge is 0.130 e. The van der Waals surface area contributed by atoms with Crippen LogP contribution in [0.2, 0.25) is 0 Å². The van der Waals surface area contributed by atoms with Gasteiger partial charge in [0.25, 0.3) is 0 Å². The fourth-order valence-corrected chi connectivity index (χ4v) is 3.70. The number of aliphatic imine (C=N–C) groups is 1. The Morgan fingerprint density at radius 3 is 2.37 bits per heavy atom. The molecule has 1 saturated heterocycles. The minimum Gasteiger partial charge on any atom is -0.496 e. The van der Waals surface area contributed by atoms with E-state index in [0.29, 0.717) is 0 Å². The summed E-state index contributed by atoms with van der Waals surface area (Å²) in [5.41, 5.74) is 4.17. The Labute approximate surface area is 178 Å². The Balaban J connectivity index is 1.46. The van der Waals surface area contributed by atoms with Gasteiger partial charge in [0.05, 0.1) is 12.8 Å². The third-order valence-corrected chi connectivity index (χ3v) is 5.45. The molecule has 1 aliphatic rings. The number of nitrogens with zero attached hydrogens (tertiary/aromatic N) is 2. The van der Waals surface area contributed by atoms with Crippen molar-refractivity contribution in [3.63, 3.8) is 0 Å². The monoisotopic (exact) mass is 400 g/mol. The molecule has 3 aromatic rings. The second-order valence-electron chi connectivity index (χ2n) is 7.59. The molecule has 1 fully saturated rings. The summed E-state index contributed by atoms with van der Waals surface area (Å²) < 4.78 is 11.6. The minimum atomic E-state index is 0.798. The van der Waals surface area contributed by atoms with Gasteiger partial charge in [0.1, 0.15) is 17.2 Å². The molecule has 1 heterocycles. The molecule has 154 valence electrons. The second-order valence-corrected chi connectivity index (χ2v) is 7.59. The van der Waals surface area contributed by atoms with Crippen molar-refractivity contribution in [3.05, 3.63) is 77.9 Å². The summed E-state index contributed by atoms with van der Waals surface area (Å²) in [6.45, 7) is 4.28. The predicted molar refractivity (Wildman–Crippen MR) is 124 cm³/mol. The molecule has 4 heteroatoms. The molecular formula is C26H28N2O2. The summed E-state index contributed by atoms with van der Waals surface area (Å²) >= 11 is 0. The van der Waals surface area contributed by atoms with Crippen LogP contribution in [0, 0.1) is 6.92 Å². The van der Waals surface area contributed by atoms with Crippen molar-refractivity contribution in [3.8, 4) is 17.2 Å². The van der Waals surface area contributed by atoms with E-state index >= 15 is 0 Å². The Hall–Kier alpha value is -3.27. The van der Waals surface area contributed by atoms with E-state index in [1.807, 2.05) is 61.7 Å². The Bertz CT molecular complexity index is 1010. The van der Waals surface area contributed by atoms with E-state index in [0.717, 1.165) is 47.2 Å². The van der Waals surface area contributed by atoms with Crippen LogP contribution < -0.4 is 14.4 Å². The van der Waals surface area contributed by atoms with Crippen molar-refractivity contribution >= 4 is 17.6 Å². The molecule has 0 saturated carbocycles. The Morgan fingerprint density at radius 1 is 0.867 bits per heavy atom. The summed E-state index contributed by atoms with van der Waals surface area (Å²) in [4.78, 5) is 7.05. The van der Waals surface area contributed by atoms with Gasteiger partial charge >= 0.3 is 0 Å². The SMILES string of the molecule is COc1cc(N2CCCCC2)ccc1C=Nc1ccc(Oc2ccccc2C)cc1. The number of anilines is 1. The normalized spacial score (nSPS) is 14.1. The number of hydrogen-bond acceptors (Lipinski definition) is 4. The van der Waals surface area contributed by atoms with Gasteiger partial charge in [0, 0.05) is 36.6 Å². The van der Waals surface area contributed by atoms with Gasteiger partial charge in [-0.3, -0.25) is 4.99 Å². The van der Waals surface area contributed by atoms with E-state index in [2.05, 4.69) is 28.1 Å². The number of aryl methyl sites for hydroxylation is 1. The minimum absolute atomic E-state index is 0.798. The van der Waals surface area contributed by atoms with E-state index in [9.17, 15) is 0 Å². The van der Waals surface area contributed by atoms with Crippen LogP contribution in [0.5, 0.6) is 17.2 Å². The van der Waals surface area contributed by atoms with Crippen molar-refractivity contribution in [1.82, 2.24) is 0 Å².